The van der Waals surface area contributed by atoms with Crippen LogP contribution in [0.25, 0.3) is 0 Å². The van der Waals surface area contributed by atoms with E-state index in [1.807, 2.05) is 20.4 Å². The largest absolute Gasteiger partial charge is 0.362 e. The summed E-state index contributed by atoms with van der Waals surface area (Å²) in [6.07, 6.45) is 3.02. The molecule has 0 radical (unpaired) electrons. The quantitative estimate of drug-likeness (QED) is 0.597. The summed E-state index contributed by atoms with van der Waals surface area (Å²) in [7, 11) is 4.06. The fraction of sp³-hybridized carbons (Fsp3) is 0.600. The number of fused-ring (bicyclic) bond motifs is 1. The summed E-state index contributed by atoms with van der Waals surface area (Å²) in [5.74, 6) is 1.05. The number of thioether (sulfide) groups is 1. The lowest BCUT2D eigenvalue weighted by atomic mass is 10.1. The van der Waals surface area contributed by atoms with Crippen LogP contribution in [0.3, 0.4) is 0 Å². The van der Waals surface area contributed by atoms with Gasteiger partial charge in [-0.25, -0.2) is 9.97 Å². The standard InChI is InChI=1S/C10H16N4S/c1-14(2)9-7-6-11-5-4-8(7)12-10(13-9)15-3/h11H,4-6H2,1-3H3. The van der Waals surface area contributed by atoms with E-state index < -0.39 is 0 Å². The Balaban J connectivity index is 2.50. The molecule has 0 atom stereocenters. The summed E-state index contributed by atoms with van der Waals surface area (Å²) in [5.41, 5.74) is 2.46. The van der Waals surface area contributed by atoms with E-state index >= 15 is 0 Å². The van der Waals surface area contributed by atoms with Crippen LogP contribution in [0.1, 0.15) is 11.3 Å². The van der Waals surface area contributed by atoms with Gasteiger partial charge in [0, 0.05) is 39.2 Å². The van der Waals surface area contributed by atoms with E-state index in [0.717, 1.165) is 30.5 Å². The Bertz CT molecular complexity index is 365. The van der Waals surface area contributed by atoms with Crippen LogP contribution in [0.4, 0.5) is 5.82 Å². The van der Waals surface area contributed by atoms with E-state index in [4.69, 9.17) is 0 Å². The van der Waals surface area contributed by atoms with Crippen LogP contribution in [-0.2, 0) is 13.0 Å². The van der Waals surface area contributed by atoms with Crippen LogP contribution < -0.4 is 10.2 Å². The lowest BCUT2D eigenvalue weighted by Gasteiger charge is -2.23. The van der Waals surface area contributed by atoms with Crippen molar-refractivity contribution in [3.8, 4) is 0 Å². The van der Waals surface area contributed by atoms with Gasteiger partial charge >= 0.3 is 0 Å². The molecule has 82 valence electrons. The molecule has 0 fully saturated rings. The Morgan fingerprint density at radius 3 is 2.80 bits per heavy atom. The molecule has 0 spiro atoms. The van der Waals surface area contributed by atoms with Crippen molar-refractivity contribution in [2.45, 2.75) is 18.1 Å². The highest BCUT2D eigenvalue weighted by molar-refractivity contribution is 7.98. The van der Waals surface area contributed by atoms with Crippen LogP contribution in [0, 0.1) is 0 Å². The average Bonchev–Trinajstić information content (AvgIpc) is 2.27. The summed E-state index contributed by atoms with van der Waals surface area (Å²) in [6, 6.07) is 0. The number of aromatic nitrogens is 2. The number of nitrogens with one attached hydrogen (secondary N) is 1. The highest BCUT2D eigenvalue weighted by Crippen LogP contribution is 2.24. The van der Waals surface area contributed by atoms with E-state index in [0.29, 0.717) is 0 Å². The molecular formula is C10H16N4S. The molecule has 0 amide bonds. The maximum absolute atomic E-state index is 4.56. The highest BCUT2D eigenvalue weighted by atomic mass is 32.2. The molecule has 1 aliphatic rings. The molecule has 0 unspecified atom stereocenters. The third-order valence-electron chi connectivity index (χ3n) is 2.50. The van der Waals surface area contributed by atoms with Gasteiger partial charge < -0.3 is 10.2 Å². The SMILES string of the molecule is CSc1nc2c(c(N(C)C)n1)CNCC2. The van der Waals surface area contributed by atoms with Gasteiger partial charge in [-0.15, -0.1) is 0 Å². The number of hydrogen-bond donors (Lipinski definition) is 1. The molecule has 0 bridgehead atoms. The average molecular weight is 224 g/mol. The van der Waals surface area contributed by atoms with Gasteiger partial charge in [-0.1, -0.05) is 11.8 Å². The van der Waals surface area contributed by atoms with Gasteiger partial charge in [0.25, 0.3) is 0 Å². The minimum atomic E-state index is 0.874. The van der Waals surface area contributed by atoms with Crippen molar-refractivity contribution in [3.63, 3.8) is 0 Å². The predicted octanol–water partition coefficient (Wildman–Crippen LogP) is 0.910. The molecule has 2 heterocycles. The maximum atomic E-state index is 4.56. The second-order valence-corrected chi connectivity index (χ2v) is 4.55. The van der Waals surface area contributed by atoms with Crippen molar-refractivity contribution in [3.05, 3.63) is 11.3 Å². The Morgan fingerprint density at radius 2 is 2.13 bits per heavy atom. The molecule has 0 aliphatic carbocycles. The van der Waals surface area contributed by atoms with Crippen molar-refractivity contribution >= 4 is 17.6 Å². The van der Waals surface area contributed by atoms with Crippen molar-refractivity contribution in [1.29, 1.82) is 0 Å². The Kier molecular flexibility index (Phi) is 3.11. The summed E-state index contributed by atoms with van der Waals surface area (Å²) in [4.78, 5) is 11.2. The van der Waals surface area contributed by atoms with Gasteiger partial charge in [-0.3, -0.25) is 0 Å². The van der Waals surface area contributed by atoms with E-state index in [9.17, 15) is 0 Å². The summed E-state index contributed by atoms with van der Waals surface area (Å²) >= 11 is 1.60. The molecule has 1 N–H and O–H groups in total. The van der Waals surface area contributed by atoms with Crippen molar-refractivity contribution in [1.82, 2.24) is 15.3 Å². The molecule has 2 rings (SSSR count). The number of nitrogens with zero attached hydrogens (tertiary/aromatic N) is 3. The van der Waals surface area contributed by atoms with Gasteiger partial charge in [0.05, 0.1) is 5.69 Å². The first-order valence-electron chi connectivity index (χ1n) is 5.04. The monoisotopic (exact) mass is 224 g/mol. The van der Waals surface area contributed by atoms with E-state index in [1.54, 1.807) is 11.8 Å². The van der Waals surface area contributed by atoms with Crippen molar-refractivity contribution in [2.24, 2.45) is 0 Å². The zero-order chi connectivity index (χ0) is 10.8. The highest BCUT2D eigenvalue weighted by Gasteiger charge is 2.18. The van der Waals surface area contributed by atoms with E-state index in [-0.39, 0.29) is 0 Å². The van der Waals surface area contributed by atoms with E-state index in [1.165, 1.54) is 11.3 Å². The first-order valence-corrected chi connectivity index (χ1v) is 6.26. The zero-order valence-corrected chi connectivity index (χ0v) is 10.2. The molecule has 0 saturated carbocycles. The van der Waals surface area contributed by atoms with Crippen LogP contribution in [0.5, 0.6) is 0 Å². The van der Waals surface area contributed by atoms with Gasteiger partial charge in [-0.2, -0.15) is 0 Å². The van der Waals surface area contributed by atoms with E-state index in [2.05, 4.69) is 20.2 Å². The molecule has 4 nitrogen and oxygen atoms in total. The molecule has 1 aromatic heterocycles. The van der Waals surface area contributed by atoms with Gasteiger partial charge in [-0.05, 0) is 6.26 Å². The van der Waals surface area contributed by atoms with Crippen molar-refractivity contribution < 1.29 is 0 Å². The fourth-order valence-electron chi connectivity index (χ4n) is 1.76. The lowest BCUT2D eigenvalue weighted by Crippen LogP contribution is -2.28. The minimum absolute atomic E-state index is 0.874. The summed E-state index contributed by atoms with van der Waals surface area (Å²) < 4.78 is 0. The second kappa shape index (κ2) is 4.37. The van der Waals surface area contributed by atoms with Gasteiger partial charge in [0.2, 0.25) is 0 Å². The summed E-state index contributed by atoms with van der Waals surface area (Å²) in [5, 5.41) is 4.23. The number of anilines is 1. The first-order chi connectivity index (χ1) is 7.22. The van der Waals surface area contributed by atoms with Crippen LogP contribution in [0.2, 0.25) is 0 Å². The second-order valence-electron chi connectivity index (χ2n) is 3.78. The molecule has 1 aliphatic heterocycles. The Hall–Kier alpha value is -0.810. The summed E-state index contributed by atoms with van der Waals surface area (Å²) in [6.45, 7) is 1.90. The third kappa shape index (κ3) is 2.08. The minimum Gasteiger partial charge on any atom is -0.362 e. The van der Waals surface area contributed by atoms with Crippen LogP contribution >= 0.6 is 11.8 Å². The Morgan fingerprint density at radius 1 is 1.33 bits per heavy atom. The molecular weight excluding hydrogens is 208 g/mol. The molecule has 1 aromatic rings. The van der Waals surface area contributed by atoms with Crippen molar-refractivity contribution in [2.75, 3.05) is 31.8 Å². The Labute approximate surface area is 94.5 Å². The van der Waals surface area contributed by atoms with Crippen LogP contribution in [-0.4, -0.2) is 36.9 Å². The number of rotatable bonds is 2. The first kappa shape index (κ1) is 10.7. The molecule has 0 saturated heterocycles. The van der Waals surface area contributed by atoms with Gasteiger partial charge in [0.1, 0.15) is 5.82 Å². The smallest absolute Gasteiger partial charge is 0.189 e. The third-order valence-corrected chi connectivity index (χ3v) is 3.04. The zero-order valence-electron chi connectivity index (χ0n) is 9.37. The van der Waals surface area contributed by atoms with Crippen LogP contribution in [0.15, 0.2) is 5.16 Å². The number of hydrogen-bond acceptors (Lipinski definition) is 5. The maximum Gasteiger partial charge on any atom is 0.189 e. The normalized spacial score (nSPS) is 14.9. The predicted molar refractivity (Wildman–Crippen MR) is 63.6 cm³/mol. The molecule has 5 heteroatoms. The fourth-order valence-corrected chi connectivity index (χ4v) is 2.14. The lowest BCUT2D eigenvalue weighted by molar-refractivity contribution is 0.615. The molecule has 0 aromatic carbocycles. The topological polar surface area (TPSA) is 41.1 Å². The molecule has 15 heavy (non-hydrogen) atoms. The van der Waals surface area contributed by atoms with Gasteiger partial charge in [0.15, 0.2) is 5.16 Å².